The molecule has 162 valence electrons. The van der Waals surface area contributed by atoms with E-state index in [4.69, 9.17) is 18.2 Å². The van der Waals surface area contributed by atoms with Gasteiger partial charge < -0.3 is 4.90 Å². The summed E-state index contributed by atoms with van der Waals surface area (Å²) in [6, 6.07) is 25.5. The second kappa shape index (κ2) is 9.76. The average Bonchev–Trinajstić information content (AvgIpc) is 2.88. The minimum Gasteiger partial charge on any atom is -0.361 e. The number of hydrogen-bond acceptors (Lipinski definition) is 4. The summed E-state index contributed by atoms with van der Waals surface area (Å²) in [5.74, 6) is 0. The molecule has 3 aromatic rings. The summed E-state index contributed by atoms with van der Waals surface area (Å²) >= 11 is 6.15. The first-order valence-corrected chi connectivity index (χ1v) is 11.1. The fourth-order valence-electron chi connectivity index (χ4n) is 4.40. The van der Waals surface area contributed by atoms with E-state index >= 15 is 0 Å². The van der Waals surface area contributed by atoms with E-state index in [9.17, 15) is 10.5 Å². The van der Waals surface area contributed by atoms with Gasteiger partial charge >= 0.3 is 0 Å². The van der Waals surface area contributed by atoms with Crippen LogP contribution < -0.4 is 4.90 Å². The maximum atomic E-state index is 9.76. The molecule has 0 spiro atoms. The number of rotatable bonds is 4. The average molecular weight is 452 g/mol. The Balaban J connectivity index is 1.68. The van der Waals surface area contributed by atoms with Crippen molar-refractivity contribution in [3.8, 4) is 12.1 Å². The van der Waals surface area contributed by atoms with E-state index in [1.807, 2.05) is 54.6 Å². The van der Waals surface area contributed by atoms with Crippen molar-refractivity contribution >= 4 is 23.0 Å². The maximum Gasteiger partial charge on any atom is 0.187 e. The number of benzene rings is 3. The van der Waals surface area contributed by atoms with Gasteiger partial charge in [0.25, 0.3) is 0 Å². The normalized spacial score (nSPS) is 16.9. The fraction of sp³-hybridized carbons (Fsp3) is 0.222. The lowest BCUT2D eigenvalue weighted by molar-refractivity contribution is 0.171. The Bertz CT molecular complexity index is 1260. The third-order valence-electron chi connectivity index (χ3n) is 6.27. The van der Waals surface area contributed by atoms with Gasteiger partial charge in [-0.2, -0.15) is 10.5 Å². The van der Waals surface area contributed by atoms with Crippen LogP contribution in [0.1, 0.15) is 41.3 Å². The minimum atomic E-state index is 0.0148. The Morgan fingerprint density at radius 2 is 1.73 bits per heavy atom. The number of hydrogen-bond donors (Lipinski definition) is 0. The molecule has 0 aliphatic carbocycles. The van der Waals surface area contributed by atoms with Gasteiger partial charge in [-0.1, -0.05) is 48.0 Å². The molecular weight excluding hydrogens is 430 g/mol. The van der Waals surface area contributed by atoms with Crippen LogP contribution in [0.4, 0.5) is 11.4 Å². The lowest BCUT2D eigenvalue weighted by atomic mass is 9.97. The predicted octanol–water partition coefficient (Wildman–Crippen LogP) is 6.26. The second-order valence-electron chi connectivity index (χ2n) is 8.09. The molecule has 5 nitrogen and oxygen atoms in total. The standard InChI is InChI=1S/C27H22ClN5/c1-19(21-6-10-25(31-2)11-7-21)32-13-14-33(26-12-3-20(16-29)15-23(26)17-30)27(18-32)22-4-8-24(28)9-5-22/h3-12,15,19,27H,13-14,18H2,1H3/t19-,27+/m1/s1. The third-order valence-corrected chi connectivity index (χ3v) is 6.53. The van der Waals surface area contributed by atoms with Crippen LogP contribution in [0.15, 0.2) is 66.7 Å². The van der Waals surface area contributed by atoms with Crippen molar-refractivity contribution in [2.24, 2.45) is 0 Å². The van der Waals surface area contributed by atoms with Crippen LogP contribution in [-0.4, -0.2) is 24.5 Å². The lowest BCUT2D eigenvalue weighted by Crippen LogP contribution is -2.49. The molecule has 2 atom stereocenters. The number of halogens is 1. The molecule has 1 heterocycles. The molecule has 0 N–H and O–H groups in total. The van der Waals surface area contributed by atoms with Gasteiger partial charge in [-0.3, -0.25) is 4.90 Å². The summed E-state index contributed by atoms with van der Waals surface area (Å²) in [6.07, 6.45) is 0. The fourth-order valence-corrected chi connectivity index (χ4v) is 4.52. The molecule has 6 heteroatoms. The van der Waals surface area contributed by atoms with Crippen molar-refractivity contribution in [2.75, 3.05) is 24.5 Å². The quantitative estimate of drug-likeness (QED) is 0.439. The smallest absolute Gasteiger partial charge is 0.187 e. The largest absolute Gasteiger partial charge is 0.361 e. The molecule has 1 aliphatic heterocycles. The van der Waals surface area contributed by atoms with Crippen molar-refractivity contribution < 1.29 is 0 Å². The summed E-state index contributed by atoms with van der Waals surface area (Å²) in [5.41, 5.74) is 4.75. The van der Waals surface area contributed by atoms with Gasteiger partial charge in [-0.15, -0.1) is 0 Å². The van der Waals surface area contributed by atoms with E-state index in [1.165, 1.54) is 5.56 Å². The van der Waals surface area contributed by atoms with E-state index in [2.05, 4.69) is 33.7 Å². The van der Waals surface area contributed by atoms with Gasteiger partial charge in [-0.05, 0) is 48.4 Å². The van der Waals surface area contributed by atoms with Gasteiger partial charge in [0.15, 0.2) is 5.69 Å². The molecule has 1 fully saturated rings. The highest BCUT2D eigenvalue weighted by Crippen LogP contribution is 2.36. The van der Waals surface area contributed by atoms with Crippen molar-refractivity contribution in [1.29, 1.82) is 10.5 Å². The molecule has 0 unspecified atom stereocenters. The molecular formula is C27H22ClN5. The summed E-state index contributed by atoms with van der Waals surface area (Å²) in [4.78, 5) is 8.17. The Hall–Kier alpha value is -3.82. The summed E-state index contributed by atoms with van der Waals surface area (Å²) < 4.78 is 0. The van der Waals surface area contributed by atoms with E-state index < -0.39 is 0 Å². The van der Waals surface area contributed by atoms with Crippen LogP contribution in [-0.2, 0) is 0 Å². The van der Waals surface area contributed by atoms with Crippen LogP contribution >= 0.6 is 11.6 Å². The topological polar surface area (TPSA) is 58.4 Å². The number of anilines is 1. The lowest BCUT2D eigenvalue weighted by Gasteiger charge is -2.45. The SMILES string of the molecule is [C-]#[N+]c1ccc([C@@H](C)N2CCN(c3ccc(C#N)cc3C#N)[C@H](c3ccc(Cl)cc3)C2)cc1. The number of nitrogens with zero attached hydrogens (tertiary/aromatic N) is 5. The molecule has 0 saturated carbocycles. The van der Waals surface area contributed by atoms with Gasteiger partial charge in [0.1, 0.15) is 6.07 Å². The first-order chi connectivity index (χ1) is 16.0. The van der Waals surface area contributed by atoms with Crippen LogP contribution in [0, 0.1) is 29.2 Å². The van der Waals surface area contributed by atoms with E-state index in [0.29, 0.717) is 21.8 Å². The first-order valence-electron chi connectivity index (χ1n) is 10.7. The zero-order valence-corrected chi connectivity index (χ0v) is 19.0. The Morgan fingerprint density at radius 3 is 2.36 bits per heavy atom. The second-order valence-corrected chi connectivity index (χ2v) is 8.53. The molecule has 4 rings (SSSR count). The zero-order chi connectivity index (χ0) is 23.4. The summed E-state index contributed by atoms with van der Waals surface area (Å²) in [6.45, 7) is 11.7. The highest BCUT2D eigenvalue weighted by molar-refractivity contribution is 6.30. The van der Waals surface area contributed by atoms with Crippen LogP contribution in [0.25, 0.3) is 4.85 Å². The van der Waals surface area contributed by atoms with Gasteiger partial charge in [0.2, 0.25) is 0 Å². The molecule has 3 aromatic carbocycles. The van der Waals surface area contributed by atoms with Crippen molar-refractivity contribution in [2.45, 2.75) is 19.0 Å². The predicted molar refractivity (Wildman–Crippen MR) is 130 cm³/mol. The molecule has 1 saturated heterocycles. The molecule has 0 bridgehead atoms. The highest BCUT2D eigenvalue weighted by Gasteiger charge is 2.32. The zero-order valence-electron chi connectivity index (χ0n) is 18.2. The third kappa shape index (κ3) is 4.69. The van der Waals surface area contributed by atoms with Crippen LogP contribution in [0.5, 0.6) is 0 Å². The van der Waals surface area contributed by atoms with Crippen LogP contribution in [0.2, 0.25) is 5.02 Å². The molecule has 0 amide bonds. The molecule has 0 aromatic heterocycles. The molecule has 1 aliphatic rings. The van der Waals surface area contributed by atoms with E-state index in [0.717, 1.165) is 30.9 Å². The number of nitriles is 2. The van der Waals surface area contributed by atoms with Gasteiger partial charge in [0, 0.05) is 30.7 Å². The molecule has 0 radical (unpaired) electrons. The van der Waals surface area contributed by atoms with E-state index in [1.54, 1.807) is 12.1 Å². The number of piperazine rings is 1. The van der Waals surface area contributed by atoms with Crippen molar-refractivity contribution in [3.05, 3.63) is 105 Å². The first kappa shape index (κ1) is 22.4. The van der Waals surface area contributed by atoms with Crippen molar-refractivity contribution in [1.82, 2.24) is 4.90 Å². The minimum absolute atomic E-state index is 0.0148. The Labute approximate surface area is 199 Å². The van der Waals surface area contributed by atoms with Crippen molar-refractivity contribution in [3.63, 3.8) is 0 Å². The highest BCUT2D eigenvalue weighted by atomic mass is 35.5. The van der Waals surface area contributed by atoms with E-state index in [-0.39, 0.29) is 12.1 Å². The summed E-state index contributed by atoms with van der Waals surface area (Å²) in [5, 5.41) is 19.7. The van der Waals surface area contributed by atoms with Gasteiger partial charge in [0.05, 0.1) is 35.5 Å². The maximum absolute atomic E-state index is 9.76. The summed E-state index contributed by atoms with van der Waals surface area (Å²) in [7, 11) is 0. The Morgan fingerprint density at radius 1 is 1.00 bits per heavy atom. The molecule has 33 heavy (non-hydrogen) atoms. The van der Waals surface area contributed by atoms with Gasteiger partial charge in [-0.25, -0.2) is 4.85 Å². The van der Waals surface area contributed by atoms with Crippen LogP contribution in [0.3, 0.4) is 0 Å². The monoisotopic (exact) mass is 451 g/mol. The Kier molecular flexibility index (Phi) is 6.62.